The Morgan fingerprint density at radius 2 is 1.85 bits per heavy atom. The average Bonchev–Trinajstić information content (AvgIpc) is 3.37. The van der Waals surface area contributed by atoms with Gasteiger partial charge in [0.05, 0.1) is 46.1 Å². The standard InChI is InChI=1S/C37H37ClN2O7S/c1-6-9-28-31(36(44)46-7-2)32(25-14-12-24(13-15-25)21(3)4)40-34(41)30(48-37(40)39-28)19-23-17-27(38)33(29(18-23)45-5)47-20-22-10-8-11-26(16-22)35(42)43/h8,10-19,21,32H,6-7,9,20H2,1-5H3,(H,42,43)/b30-19+/t32-/m1/s1. The maximum atomic E-state index is 14.2. The second kappa shape index (κ2) is 15.0. The van der Waals surface area contributed by atoms with E-state index >= 15 is 0 Å². The van der Waals surface area contributed by atoms with Crippen LogP contribution in [-0.2, 0) is 16.1 Å². The first-order valence-corrected chi connectivity index (χ1v) is 16.9. The minimum absolute atomic E-state index is 0.0657. The van der Waals surface area contributed by atoms with Crippen molar-refractivity contribution in [1.29, 1.82) is 0 Å². The molecule has 1 aromatic heterocycles. The molecule has 0 radical (unpaired) electrons. The minimum atomic E-state index is -1.03. The fourth-order valence-electron chi connectivity index (χ4n) is 5.56. The maximum absolute atomic E-state index is 14.2. The number of hydrogen-bond acceptors (Lipinski definition) is 8. The van der Waals surface area contributed by atoms with Gasteiger partial charge in [-0.25, -0.2) is 14.6 Å². The fourth-order valence-corrected chi connectivity index (χ4v) is 6.86. The SMILES string of the molecule is CCCC1=C(C(=O)OCC)[C@@H](c2ccc(C(C)C)cc2)n2c(s/c(=C/c3cc(Cl)c(OCc4cccc(C(=O)O)c4)c(OC)c3)c2=O)=N1. The number of benzene rings is 3. The van der Waals surface area contributed by atoms with Crippen LogP contribution in [0.15, 0.2) is 81.7 Å². The van der Waals surface area contributed by atoms with Crippen LogP contribution in [0.3, 0.4) is 0 Å². The smallest absolute Gasteiger partial charge is 0.338 e. The second-order valence-electron chi connectivity index (χ2n) is 11.6. The largest absolute Gasteiger partial charge is 0.493 e. The lowest BCUT2D eigenvalue weighted by atomic mass is 9.92. The summed E-state index contributed by atoms with van der Waals surface area (Å²) >= 11 is 7.90. The average molecular weight is 689 g/mol. The molecule has 1 aliphatic rings. The summed E-state index contributed by atoms with van der Waals surface area (Å²) in [6, 6.07) is 17.1. The first-order chi connectivity index (χ1) is 23.1. The van der Waals surface area contributed by atoms with Gasteiger partial charge in [0.2, 0.25) is 0 Å². The molecule has 48 heavy (non-hydrogen) atoms. The number of allylic oxidation sites excluding steroid dienone is 1. The van der Waals surface area contributed by atoms with E-state index in [9.17, 15) is 19.5 Å². The highest BCUT2D eigenvalue weighted by molar-refractivity contribution is 7.07. The Morgan fingerprint density at radius 3 is 2.50 bits per heavy atom. The zero-order chi connectivity index (χ0) is 34.5. The summed E-state index contributed by atoms with van der Waals surface area (Å²) < 4.78 is 19.0. The number of aromatic nitrogens is 1. The van der Waals surface area contributed by atoms with Crippen molar-refractivity contribution in [1.82, 2.24) is 4.57 Å². The third kappa shape index (κ3) is 7.24. The van der Waals surface area contributed by atoms with Gasteiger partial charge in [-0.05, 0) is 71.9 Å². The number of carboxylic acids is 1. The van der Waals surface area contributed by atoms with E-state index in [0.29, 0.717) is 49.8 Å². The molecule has 0 fully saturated rings. The Balaban J connectivity index is 1.59. The van der Waals surface area contributed by atoms with Crippen molar-refractivity contribution < 1.29 is 28.9 Å². The van der Waals surface area contributed by atoms with E-state index in [0.717, 1.165) is 17.5 Å². The first-order valence-electron chi connectivity index (χ1n) is 15.7. The van der Waals surface area contributed by atoms with Crippen molar-refractivity contribution in [2.45, 2.75) is 59.1 Å². The van der Waals surface area contributed by atoms with Crippen molar-refractivity contribution in [3.8, 4) is 11.5 Å². The quantitative estimate of drug-likeness (QED) is 0.166. The molecule has 1 N–H and O–H groups in total. The zero-order valence-corrected chi connectivity index (χ0v) is 29.0. The van der Waals surface area contributed by atoms with Crippen LogP contribution in [0.2, 0.25) is 5.02 Å². The normalized spacial score (nSPS) is 14.5. The van der Waals surface area contributed by atoms with Gasteiger partial charge in [-0.3, -0.25) is 9.36 Å². The van der Waals surface area contributed by atoms with E-state index in [4.69, 9.17) is 30.8 Å². The predicted molar refractivity (Wildman–Crippen MR) is 186 cm³/mol. The molecule has 0 saturated heterocycles. The molecule has 250 valence electrons. The third-order valence-electron chi connectivity index (χ3n) is 7.92. The lowest BCUT2D eigenvalue weighted by Crippen LogP contribution is -2.40. The predicted octanol–water partition coefficient (Wildman–Crippen LogP) is 6.64. The lowest BCUT2D eigenvalue weighted by molar-refractivity contribution is -0.139. The van der Waals surface area contributed by atoms with E-state index in [1.165, 1.54) is 30.6 Å². The van der Waals surface area contributed by atoms with E-state index < -0.39 is 18.0 Å². The topological polar surface area (TPSA) is 116 Å². The fraction of sp³-hybridized carbons (Fsp3) is 0.297. The summed E-state index contributed by atoms with van der Waals surface area (Å²) in [5, 5.41) is 9.56. The molecule has 1 atom stereocenters. The monoisotopic (exact) mass is 688 g/mol. The first kappa shape index (κ1) is 34.7. The zero-order valence-electron chi connectivity index (χ0n) is 27.4. The highest BCUT2D eigenvalue weighted by Crippen LogP contribution is 2.37. The van der Waals surface area contributed by atoms with E-state index in [-0.39, 0.29) is 35.1 Å². The number of rotatable bonds is 12. The molecule has 0 aliphatic carbocycles. The number of thiazole rings is 1. The van der Waals surface area contributed by atoms with Crippen LogP contribution in [0.25, 0.3) is 6.08 Å². The van der Waals surface area contributed by atoms with Gasteiger partial charge >= 0.3 is 11.9 Å². The number of carboxylic acid groups (broad SMARTS) is 1. The summed E-state index contributed by atoms with van der Waals surface area (Å²) in [5.74, 6) is -0.573. The number of methoxy groups -OCH3 is 1. The molecule has 2 heterocycles. The molecule has 0 saturated carbocycles. The lowest BCUT2D eigenvalue weighted by Gasteiger charge is -2.26. The van der Waals surface area contributed by atoms with E-state index in [1.807, 2.05) is 31.2 Å². The molecule has 0 bridgehead atoms. The Bertz CT molecular complexity index is 2060. The van der Waals surface area contributed by atoms with Gasteiger partial charge < -0.3 is 19.3 Å². The van der Waals surface area contributed by atoms with Gasteiger partial charge in [-0.1, -0.05) is 86.5 Å². The maximum Gasteiger partial charge on any atom is 0.338 e. The van der Waals surface area contributed by atoms with Crippen LogP contribution >= 0.6 is 22.9 Å². The molecule has 0 spiro atoms. The molecule has 9 nitrogen and oxygen atoms in total. The van der Waals surface area contributed by atoms with Crippen molar-refractivity contribution in [2.24, 2.45) is 4.99 Å². The summed E-state index contributed by atoms with van der Waals surface area (Å²) in [5.41, 5.74) is 4.01. The van der Waals surface area contributed by atoms with Crippen LogP contribution in [0.1, 0.15) is 85.1 Å². The molecule has 0 amide bonds. The number of carbonyl (C=O) groups excluding carboxylic acids is 1. The van der Waals surface area contributed by atoms with Crippen molar-refractivity contribution in [3.63, 3.8) is 0 Å². The number of ether oxygens (including phenoxy) is 3. The summed E-state index contributed by atoms with van der Waals surface area (Å²) in [7, 11) is 1.48. The molecule has 3 aromatic carbocycles. The minimum Gasteiger partial charge on any atom is -0.493 e. The molecule has 0 unspecified atom stereocenters. The van der Waals surface area contributed by atoms with Crippen LogP contribution < -0.4 is 24.4 Å². The number of aromatic carboxylic acids is 1. The molecule has 1 aliphatic heterocycles. The van der Waals surface area contributed by atoms with Crippen LogP contribution in [0.5, 0.6) is 11.5 Å². The van der Waals surface area contributed by atoms with Gasteiger partial charge in [0, 0.05) is 0 Å². The number of fused-ring (bicyclic) bond motifs is 1. The van der Waals surface area contributed by atoms with Gasteiger partial charge in [-0.2, -0.15) is 0 Å². The van der Waals surface area contributed by atoms with E-state index in [2.05, 4.69) is 13.8 Å². The highest BCUT2D eigenvalue weighted by Gasteiger charge is 2.34. The number of nitrogens with zero attached hydrogens (tertiary/aromatic N) is 2. The number of esters is 1. The summed E-state index contributed by atoms with van der Waals surface area (Å²) in [6.07, 6.45) is 3.02. The van der Waals surface area contributed by atoms with Gasteiger partial charge in [0.1, 0.15) is 6.61 Å². The van der Waals surface area contributed by atoms with Crippen molar-refractivity contribution >= 4 is 41.0 Å². The van der Waals surface area contributed by atoms with Crippen molar-refractivity contribution in [2.75, 3.05) is 13.7 Å². The number of halogens is 1. The van der Waals surface area contributed by atoms with Crippen LogP contribution in [0.4, 0.5) is 0 Å². The van der Waals surface area contributed by atoms with E-state index in [1.54, 1.807) is 41.8 Å². The molecular weight excluding hydrogens is 652 g/mol. The van der Waals surface area contributed by atoms with Crippen molar-refractivity contribution in [3.05, 3.63) is 124 Å². The van der Waals surface area contributed by atoms with Gasteiger partial charge in [0.25, 0.3) is 5.56 Å². The third-order valence-corrected chi connectivity index (χ3v) is 9.18. The summed E-state index contributed by atoms with van der Waals surface area (Å²) in [4.78, 5) is 44.3. The molecule has 4 aromatic rings. The highest BCUT2D eigenvalue weighted by atomic mass is 35.5. The molecule has 11 heteroatoms. The summed E-state index contributed by atoms with van der Waals surface area (Å²) in [6.45, 7) is 8.26. The Morgan fingerprint density at radius 1 is 1.10 bits per heavy atom. The van der Waals surface area contributed by atoms with Crippen LogP contribution in [0, 0.1) is 0 Å². The molecular formula is C37H37ClN2O7S. The Kier molecular flexibility index (Phi) is 10.9. The van der Waals surface area contributed by atoms with Gasteiger partial charge in [-0.15, -0.1) is 0 Å². The Hall–Kier alpha value is -4.67. The Labute approximate surface area is 287 Å². The number of carbonyl (C=O) groups is 2. The number of hydrogen-bond donors (Lipinski definition) is 1. The second-order valence-corrected chi connectivity index (χ2v) is 13.0. The molecule has 5 rings (SSSR count). The van der Waals surface area contributed by atoms with Crippen LogP contribution in [-0.4, -0.2) is 35.3 Å². The van der Waals surface area contributed by atoms with Gasteiger partial charge in [0.15, 0.2) is 16.3 Å².